The van der Waals surface area contributed by atoms with Crippen LogP contribution in [-0.2, 0) is 32.5 Å². The standard InChI is InChI=1S/C26H20.C22H20.C19H16O.4C16H16/c1-19-11-10-18-24-25(19)22-16-8-9-17-23(22)26(24,20-12-4-2-5-13-20)21-14-6-3-7-15-21;1-15-9-11-18-19-12-10-17(16-7-5-4-6-8-16)14-21(19)22(2,3)20(18)13-15;1-15-14-18(20-17-10-6-3-7-11-17)12-13-19(15)16-8-4-2-5-9-16;1-11-7-6-9-13-12-8-4-5-10-14(12)16(2,3)15(11)13;1-11-7-6-10-14-15(11)12-8-4-5-9-13(12)16(14,2)3;1-11-8-9-15-13(10-11)12-6-4-5-7-14(12)16(15,2)3;1-11-8-9-13-12-6-4-5-7-14(12)16(2,3)15(13)10-11/h2-18H,1H3;4-14H,1-3H3;2-14H,1H3;4*4-10H,1-3H3. The van der Waals surface area contributed by atoms with E-state index in [1.165, 1.54) is 206 Å². The number of fused-ring (bicyclic) bond motifs is 18. The van der Waals surface area contributed by atoms with E-state index >= 15 is 0 Å². The minimum atomic E-state index is -0.263. The first kappa shape index (κ1) is 88.4. The van der Waals surface area contributed by atoms with Crippen molar-refractivity contribution in [2.24, 2.45) is 0 Å². The van der Waals surface area contributed by atoms with Crippen LogP contribution in [0.4, 0.5) is 0 Å². The van der Waals surface area contributed by atoms with Gasteiger partial charge in [-0.3, -0.25) is 0 Å². The summed E-state index contributed by atoms with van der Waals surface area (Å²) in [6, 6.07) is 150. The average molecular weight is 1710 g/mol. The Morgan fingerprint density at radius 2 is 0.500 bits per heavy atom. The molecule has 0 saturated carbocycles. The van der Waals surface area contributed by atoms with E-state index in [1.54, 1.807) is 0 Å². The lowest BCUT2D eigenvalue weighted by Crippen LogP contribution is -2.28. The van der Waals surface area contributed by atoms with Gasteiger partial charge in [0.1, 0.15) is 11.5 Å². The van der Waals surface area contributed by atoms with Crippen molar-refractivity contribution in [3.8, 4) is 101 Å². The summed E-state index contributed by atoms with van der Waals surface area (Å²) >= 11 is 0. The molecule has 0 heterocycles. The van der Waals surface area contributed by atoms with Gasteiger partial charge in [-0.2, -0.15) is 0 Å². The molecular weight excluding hydrogens is 1590 g/mol. The number of aryl methyl sites for hydroxylation is 7. The van der Waals surface area contributed by atoms with E-state index in [1.807, 2.05) is 42.5 Å². The summed E-state index contributed by atoms with van der Waals surface area (Å²) in [6.07, 6.45) is 0. The van der Waals surface area contributed by atoms with E-state index < -0.39 is 0 Å². The van der Waals surface area contributed by atoms with Gasteiger partial charge in [0.2, 0.25) is 0 Å². The highest BCUT2D eigenvalue weighted by atomic mass is 16.5. The predicted molar refractivity (Wildman–Crippen MR) is 561 cm³/mol. The van der Waals surface area contributed by atoms with Crippen LogP contribution < -0.4 is 4.74 Å². The number of para-hydroxylation sites is 1. The summed E-state index contributed by atoms with van der Waals surface area (Å²) in [4.78, 5) is 0. The third kappa shape index (κ3) is 16.1. The van der Waals surface area contributed by atoms with Gasteiger partial charge >= 0.3 is 0 Å². The summed E-state index contributed by atoms with van der Waals surface area (Å²) in [5, 5.41) is 0. The molecule has 0 unspecified atom stereocenters. The Kier molecular flexibility index (Phi) is 24.0. The number of ether oxygens (including phenoxy) is 1. The van der Waals surface area contributed by atoms with Crippen molar-refractivity contribution in [2.45, 2.75) is 150 Å². The molecule has 0 saturated heterocycles. The zero-order valence-electron chi connectivity index (χ0n) is 79.7. The lowest BCUT2D eigenvalue weighted by atomic mass is 9.67. The Hall–Kier alpha value is -14.2. The maximum atomic E-state index is 5.85. The monoisotopic (exact) mass is 1710 g/mol. The predicted octanol–water partition coefficient (Wildman–Crippen LogP) is 35.0. The van der Waals surface area contributed by atoms with Crippen molar-refractivity contribution in [3.05, 3.63) is 535 Å². The summed E-state index contributed by atoms with van der Waals surface area (Å²) in [5.41, 5.74) is 51.7. The van der Waals surface area contributed by atoms with E-state index in [4.69, 9.17) is 4.74 Å². The van der Waals surface area contributed by atoms with Crippen LogP contribution in [0.25, 0.3) is 89.0 Å². The van der Waals surface area contributed by atoms with Crippen molar-refractivity contribution >= 4 is 0 Å². The van der Waals surface area contributed by atoms with Gasteiger partial charge < -0.3 is 4.74 Å². The Labute approximate surface area is 785 Å². The van der Waals surface area contributed by atoms with E-state index in [0.717, 1.165) is 11.5 Å². The van der Waals surface area contributed by atoms with Gasteiger partial charge in [-0.05, 0) is 268 Å². The van der Waals surface area contributed by atoms with Gasteiger partial charge in [-0.1, -0.05) is 474 Å². The molecule has 0 N–H and O–H groups in total. The summed E-state index contributed by atoms with van der Waals surface area (Å²) in [7, 11) is 0. The SMILES string of the molecule is Cc1cc(Oc2ccccc2)ccc1-c1ccccc1.Cc1ccc2c(c1)-c1ccccc1C2(C)C.Cc1ccc2c(c1)C(C)(C)c1cc(-c3ccccc3)ccc1-2.Cc1ccc2c(c1)C(C)(C)c1ccccc1-2.Cc1cccc2c1-c1ccccc1C2(C)C.Cc1cccc2c1-c1ccccc1C2(c1ccccc1)c1ccccc1.Cc1cccc2c1C(C)(C)c1ccccc1-2. The summed E-state index contributed by atoms with van der Waals surface area (Å²) in [5.74, 6) is 1.73. The van der Waals surface area contributed by atoms with Crippen LogP contribution in [0.1, 0.15) is 186 Å². The largest absolute Gasteiger partial charge is 0.457 e. The second-order valence-electron chi connectivity index (χ2n) is 39.4. The third-order valence-corrected chi connectivity index (χ3v) is 29.0. The maximum Gasteiger partial charge on any atom is 0.127 e. The van der Waals surface area contributed by atoms with Gasteiger partial charge in [0.05, 0.1) is 5.41 Å². The first-order chi connectivity index (χ1) is 63.7. The highest BCUT2D eigenvalue weighted by molar-refractivity contribution is 5.90. The molecule has 18 aromatic carbocycles. The fourth-order valence-electron chi connectivity index (χ4n) is 22.3. The lowest BCUT2D eigenvalue weighted by Gasteiger charge is -2.33. The van der Waals surface area contributed by atoms with Gasteiger partial charge in [-0.15, -0.1) is 0 Å². The van der Waals surface area contributed by atoms with E-state index in [9.17, 15) is 0 Å². The molecule has 0 aromatic heterocycles. The van der Waals surface area contributed by atoms with Crippen molar-refractivity contribution < 1.29 is 4.74 Å². The van der Waals surface area contributed by atoms with Crippen molar-refractivity contribution in [2.75, 3.05) is 0 Å². The van der Waals surface area contributed by atoms with E-state index in [-0.39, 0.29) is 32.5 Å². The first-order valence-corrected chi connectivity index (χ1v) is 47.0. The molecule has 6 aliphatic carbocycles. The quantitative estimate of drug-likeness (QED) is 0.161. The number of hydrogen-bond donors (Lipinski definition) is 0. The third-order valence-electron chi connectivity index (χ3n) is 29.0. The molecule has 24 rings (SSSR count). The second-order valence-corrected chi connectivity index (χ2v) is 39.4. The second kappa shape index (κ2) is 35.9. The first-order valence-electron chi connectivity index (χ1n) is 47.0. The van der Waals surface area contributed by atoms with Gasteiger partial charge in [0.15, 0.2) is 0 Å². The maximum absolute atomic E-state index is 5.85. The molecule has 0 fully saturated rings. The molecule has 1 heteroatoms. The molecule has 0 aliphatic heterocycles. The molecule has 0 spiro atoms. The molecule has 0 amide bonds. The molecule has 0 radical (unpaired) electrons. The molecule has 0 atom stereocenters. The van der Waals surface area contributed by atoms with Crippen molar-refractivity contribution in [3.63, 3.8) is 0 Å². The molecule has 6 aliphatic rings. The van der Waals surface area contributed by atoms with Crippen LogP contribution in [0, 0.1) is 48.5 Å². The van der Waals surface area contributed by atoms with Crippen LogP contribution in [-0.4, -0.2) is 0 Å². The van der Waals surface area contributed by atoms with Crippen molar-refractivity contribution in [1.82, 2.24) is 0 Å². The van der Waals surface area contributed by atoms with Crippen LogP contribution in [0.5, 0.6) is 11.5 Å². The molecule has 18 aromatic rings. The average Bonchev–Trinajstić information content (AvgIpc) is 1.52. The molecule has 0 bridgehead atoms. The van der Waals surface area contributed by atoms with Gasteiger partial charge in [0, 0.05) is 27.1 Å². The van der Waals surface area contributed by atoms with Gasteiger partial charge in [-0.25, -0.2) is 0 Å². The molecule has 650 valence electrons. The number of hydrogen-bond acceptors (Lipinski definition) is 1. The number of benzene rings is 18. The topological polar surface area (TPSA) is 9.23 Å². The smallest absolute Gasteiger partial charge is 0.127 e. The Bertz CT molecular complexity index is 7240. The van der Waals surface area contributed by atoms with Crippen LogP contribution in [0.3, 0.4) is 0 Å². The summed E-state index contributed by atoms with van der Waals surface area (Å²) in [6.45, 7) is 38.5. The fraction of sp³-hybridized carbons (Fsp3) is 0.176. The van der Waals surface area contributed by atoms with Crippen LogP contribution in [0.15, 0.2) is 419 Å². The Balaban J connectivity index is 0.000000104. The van der Waals surface area contributed by atoms with E-state index in [0.29, 0.717) is 0 Å². The zero-order valence-corrected chi connectivity index (χ0v) is 79.7. The van der Waals surface area contributed by atoms with Gasteiger partial charge in [0.25, 0.3) is 0 Å². The minimum Gasteiger partial charge on any atom is -0.457 e. The Morgan fingerprint density at radius 3 is 1.04 bits per heavy atom. The highest BCUT2D eigenvalue weighted by Gasteiger charge is 2.47. The van der Waals surface area contributed by atoms with Crippen molar-refractivity contribution in [1.29, 1.82) is 0 Å². The normalized spacial score (nSPS) is 14.3. The highest BCUT2D eigenvalue weighted by Crippen LogP contribution is 2.59. The fourth-order valence-corrected chi connectivity index (χ4v) is 22.3. The molecule has 1 nitrogen and oxygen atoms in total. The van der Waals surface area contributed by atoms with Crippen LogP contribution in [0.2, 0.25) is 0 Å². The van der Waals surface area contributed by atoms with Crippen LogP contribution >= 0.6 is 0 Å². The molecular formula is C131H120O. The minimum absolute atomic E-state index is 0.0709. The Morgan fingerprint density at radius 1 is 0.167 bits per heavy atom. The number of rotatable bonds is 6. The molecule has 132 heavy (non-hydrogen) atoms. The lowest BCUT2D eigenvalue weighted by molar-refractivity contribution is 0.482. The van der Waals surface area contributed by atoms with E-state index in [2.05, 4.69) is 494 Å². The summed E-state index contributed by atoms with van der Waals surface area (Å²) < 4.78 is 5.85. The zero-order chi connectivity index (χ0) is 92.0.